The molecule has 3 heterocycles. The lowest BCUT2D eigenvalue weighted by molar-refractivity contribution is -0.222. The van der Waals surface area contributed by atoms with Crippen LogP contribution >= 0.6 is 31.3 Å². The Balaban J connectivity index is 1.83. The lowest BCUT2D eigenvalue weighted by atomic mass is 10.2. The average Bonchev–Trinajstić information content (AvgIpc) is 3.28. The van der Waals surface area contributed by atoms with Crippen LogP contribution in [0.1, 0.15) is 19.1 Å². The van der Waals surface area contributed by atoms with Crippen LogP contribution in [0, 0.1) is 0 Å². The molecule has 17 heteroatoms. The molecule has 2 aromatic heterocycles. The Morgan fingerprint density at radius 1 is 1.45 bits per heavy atom. The lowest BCUT2D eigenvalue weighted by Gasteiger charge is -2.17. The third-order valence-corrected chi connectivity index (χ3v) is 6.49. The van der Waals surface area contributed by atoms with Gasteiger partial charge in [-0.05, 0) is 6.26 Å². The van der Waals surface area contributed by atoms with Gasteiger partial charge in [0, 0.05) is 24.5 Å². The standard InChI is InChI=1S/C16H23F3N5O6PS2/c1-32-5-3-20-13-12-14(23-15(22-13)33-4-2-16(17,18)19)24(8-21-12)11-6-9(25)10(30-11)7-29-31(26,27)28/h8-11,25H,2-7H2,1H3,(H,20,22,23)(H2,26,27,28)/t9-,10+,11+/m0/s1. The molecule has 0 aromatic carbocycles. The van der Waals surface area contributed by atoms with Crippen molar-refractivity contribution in [2.75, 3.05) is 36.2 Å². The fourth-order valence-electron chi connectivity index (χ4n) is 3.03. The largest absolute Gasteiger partial charge is 0.711 e. The summed E-state index contributed by atoms with van der Waals surface area (Å²) < 4.78 is 60.2. The van der Waals surface area contributed by atoms with Crippen LogP contribution in [0.5, 0.6) is 0 Å². The third-order valence-electron chi connectivity index (χ3n) is 4.54. The molecule has 1 aliphatic rings. The number of halogens is 3. The summed E-state index contributed by atoms with van der Waals surface area (Å²) >= 11 is 2.46. The lowest BCUT2D eigenvalue weighted by Crippen LogP contribution is -2.26. The fourth-order valence-corrected chi connectivity index (χ4v) is 4.50. The zero-order valence-electron chi connectivity index (χ0n) is 17.3. The van der Waals surface area contributed by atoms with E-state index >= 15 is 0 Å². The minimum absolute atomic E-state index is 0.0659. The first-order valence-electron chi connectivity index (χ1n) is 9.68. The number of nitrogens with one attached hydrogen (secondary N) is 1. The molecule has 0 aliphatic carbocycles. The van der Waals surface area contributed by atoms with Crippen molar-refractivity contribution >= 4 is 48.3 Å². The van der Waals surface area contributed by atoms with Gasteiger partial charge in [0.2, 0.25) is 0 Å². The van der Waals surface area contributed by atoms with Crippen LogP contribution in [0.2, 0.25) is 0 Å². The summed E-state index contributed by atoms with van der Waals surface area (Å²) in [6.45, 7) is 0.0246. The Kier molecular flexibility index (Phi) is 8.88. The quantitative estimate of drug-likeness (QED) is 0.142. The number of hydrogen-bond donors (Lipinski definition) is 2. The Morgan fingerprint density at radius 3 is 2.88 bits per heavy atom. The predicted molar refractivity (Wildman–Crippen MR) is 115 cm³/mol. The van der Waals surface area contributed by atoms with Crippen molar-refractivity contribution in [3.05, 3.63) is 6.33 Å². The Hall–Kier alpha value is -1.13. The van der Waals surface area contributed by atoms with Gasteiger partial charge in [-0.1, -0.05) is 11.8 Å². The second-order valence-corrected chi connectivity index (χ2v) is 10.3. The van der Waals surface area contributed by atoms with Crippen molar-refractivity contribution < 1.29 is 41.9 Å². The minimum Gasteiger partial charge on any atom is -0.711 e. The number of imidazole rings is 1. The first-order valence-corrected chi connectivity index (χ1v) is 13.6. The highest BCUT2D eigenvalue weighted by molar-refractivity contribution is 7.99. The van der Waals surface area contributed by atoms with Gasteiger partial charge in [-0.2, -0.15) is 24.9 Å². The molecule has 4 N–H and O–H groups in total. The van der Waals surface area contributed by atoms with Crippen molar-refractivity contribution in [1.29, 1.82) is 0 Å². The van der Waals surface area contributed by atoms with Gasteiger partial charge in [-0.15, -0.1) is 0 Å². The number of aliphatic hydroxyl groups is 1. The molecule has 1 fully saturated rings. The summed E-state index contributed by atoms with van der Waals surface area (Å²) in [7, 11) is -4.74. The molecule has 0 radical (unpaired) electrons. The zero-order chi connectivity index (χ0) is 24.2. The van der Waals surface area contributed by atoms with Crippen LogP contribution in [0.15, 0.2) is 11.5 Å². The Labute approximate surface area is 195 Å². The molecule has 1 saturated heterocycles. The van der Waals surface area contributed by atoms with Crippen LogP contribution in [0.25, 0.3) is 11.2 Å². The van der Waals surface area contributed by atoms with E-state index in [1.54, 1.807) is 11.8 Å². The highest BCUT2D eigenvalue weighted by Gasteiger charge is 2.37. The molecule has 0 saturated carbocycles. The number of ether oxygens (including phenoxy) is 1. The summed E-state index contributed by atoms with van der Waals surface area (Å²) in [6.07, 6.45) is -4.73. The van der Waals surface area contributed by atoms with Crippen LogP contribution in [0.4, 0.5) is 19.0 Å². The number of thioether (sulfide) groups is 2. The number of anilines is 1. The summed E-state index contributed by atoms with van der Waals surface area (Å²) in [5.74, 6) is 0.873. The zero-order valence-corrected chi connectivity index (χ0v) is 19.8. The van der Waals surface area contributed by atoms with Gasteiger partial charge in [-0.25, -0.2) is 19.5 Å². The molecule has 0 amide bonds. The van der Waals surface area contributed by atoms with Crippen molar-refractivity contribution in [2.24, 2.45) is 0 Å². The Morgan fingerprint density at radius 2 is 2.21 bits per heavy atom. The topological polar surface area (TPSA) is 157 Å². The van der Waals surface area contributed by atoms with Gasteiger partial charge in [0.25, 0.3) is 0 Å². The van der Waals surface area contributed by atoms with E-state index in [1.807, 2.05) is 6.26 Å². The second-order valence-electron chi connectivity index (χ2n) is 7.04. The number of aromatic nitrogens is 4. The van der Waals surface area contributed by atoms with Crippen molar-refractivity contribution in [1.82, 2.24) is 19.5 Å². The van der Waals surface area contributed by atoms with Crippen molar-refractivity contribution in [2.45, 2.75) is 42.6 Å². The molecule has 0 spiro atoms. The number of rotatable bonds is 11. The van der Waals surface area contributed by atoms with E-state index in [2.05, 4.69) is 24.8 Å². The van der Waals surface area contributed by atoms with E-state index in [4.69, 9.17) is 9.63 Å². The summed E-state index contributed by atoms with van der Waals surface area (Å²) in [6, 6.07) is 0. The molecule has 0 bridgehead atoms. The molecule has 4 atom stereocenters. The van der Waals surface area contributed by atoms with E-state index < -0.39 is 45.5 Å². The fraction of sp³-hybridized carbons (Fsp3) is 0.688. The molecule has 1 unspecified atom stereocenters. The van der Waals surface area contributed by atoms with E-state index in [0.717, 1.165) is 17.5 Å². The van der Waals surface area contributed by atoms with E-state index in [9.17, 15) is 27.7 Å². The van der Waals surface area contributed by atoms with Gasteiger partial charge in [0.1, 0.15) is 12.3 Å². The first kappa shape index (κ1) is 26.5. The maximum Gasteiger partial charge on any atom is 0.425 e. The van der Waals surface area contributed by atoms with Gasteiger partial charge >= 0.3 is 14.0 Å². The summed E-state index contributed by atoms with van der Waals surface area (Å²) in [5, 5.41) is 13.5. The highest BCUT2D eigenvalue weighted by atomic mass is 32.2. The molecular formula is C16H23F3N5O6PS2. The maximum atomic E-state index is 12.5. The average molecular weight is 533 g/mol. The highest BCUT2D eigenvalue weighted by Crippen LogP contribution is 2.36. The molecule has 2 aromatic rings. The van der Waals surface area contributed by atoms with Gasteiger partial charge in [0.05, 0.1) is 25.5 Å². The van der Waals surface area contributed by atoms with Gasteiger partial charge < -0.3 is 24.9 Å². The van der Waals surface area contributed by atoms with Crippen molar-refractivity contribution in [3.63, 3.8) is 0 Å². The van der Waals surface area contributed by atoms with Crippen LogP contribution in [-0.4, -0.2) is 78.8 Å². The van der Waals surface area contributed by atoms with Crippen molar-refractivity contribution in [3.8, 4) is 0 Å². The van der Waals surface area contributed by atoms with E-state index in [-0.39, 0.29) is 17.3 Å². The smallest absolute Gasteiger partial charge is 0.425 e. The second kappa shape index (κ2) is 11.1. The summed E-state index contributed by atoms with van der Waals surface area (Å²) in [4.78, 5) is 30.7. The van der Waals surface area contributed by atoms with E-state index in [0.29, 0.717) is 23.5 Å². The van der Waals surface area contributed by atoms with Crippen LogP contribution < -0.4 is 10.2 Å². The minimum atomic E-state index is -4.74. The molecule has 33 heavy (non-hydrogen) atoms. The van der Waals surface area contributed by atoms with E-state index in [1.165, 1.54) is 10.9 Å². The molecule has 3 rings (SSSR count). The molecular weight excluding hydrogens is 510 g/mol. The molecule has 186 valence electrons. The molecule has 11 nitrogen and oxygen atoms in total. The number of fused-ring (bicyclic) bond motifs is 1. The van der Waals surface area contributed by atoms with Crippen LogP contribution in [0.3, 0.4) is 0 Å². The normalized spacial score (nSPS) is 23.2. The van der Waals surface area contributed by atoms with Gasteiger partial charge in [-0.3, -0.25) is 9.09 Å². The number of hydrogen-bond acceptors (Lipinski definition) is 11. The number of aliphatic hydroxyl groups excluding tert-OH is 1. The number of alkyl halides is 3. The predicted octanol–water partition coefficient (Wildman–Crippen LogP) is 1.50. The number of nitrogens with zero attached hydrogens (tertiary/aromatic N) is 4. The Bertz CT molecular complexity index is 993. The monoisotopic (exact) mass is 533 g/mol. The SMILES string of the molecule is CSCCNc1nc(SCCC(F)(F)F)nc2c1ncn2[C@H]1C[C@H](O)[C@@H](COP(=O)([O-])[OH2+])O1. The maximum absolute atomic E-state index is 12.5. The van der Waals surface area contributed by atoms with Gasteiger partial charge in [0.15, 0.2) is 22.1 Å². The van der Waals surface area contributed by atoms with Crippen LogP contribution in [-0.2, 0) is 13.8 Å². The summed E-state index contributed by atoms with van der Waals surface area (Å²) in [5.41, 5.74) is 0.671. The molecule has 1 aliphatic heterocycles. The first-order chi connectivity index (χ1) is 15.5. The third kappa shape index (κ3) is 7.68.